The summed E-state index contributed by atoms with van der Waals surface area (Å²) in [5.41, 5.74) is 0.978. The van der Waals surface area contributed by atoms with Gasteiger partial charge >= 0.3 is 11.9 Å². The predicted octanol–water partition coefficient (Wildman–Crippen LogP) is 5.74. The molecule has 8 nitrogen and oxygen atoms in total. The van der Waals surface area contributed by atoms with Gasteiger partial charge in [-0.2, -0.15) is 0 Å². The third-order valence-electron chi connectivity index (χ3n) is 8.05. The zero-order valence-corrected chi connectivity index (χ0v) is 24.5. The number of hydrogen-bond donors (Lipinski definition) is 1. The van der Waals surface area contributed by atoms with Crippen LogP contribution in [0.5, 0.6) is 11.5 Å². The highest BCUT2D eigenvalue weighted by molar-refractivity contribution is 5.69. The number of aromatic hydroxyl groups is 1. The number of ether oxygens (including phenoxy) is 5. The average Bonchev–Trinajstić information content (AvgIpc) is 3.60. The molecule has 220 valence electrons. The standard InChI is InChI=1S/C31H48O8/c1-30(2,14-6-12-28(33)38-20-22-10-8-16-36-22)24-19-27(35-5)25(18-26(24)32)31(3,4)15-7-13-29(34)39-21-23-11-9-17-37-23/h18-19,22-23,32H,6-17,20-21H2,1-5H3. The van der Waals surface area contributed by atoms with Crippen molar-refractivity contribution >= 4 is 11.9 Å². The Morgan fingerprint density at radius 1 is 0.846 bits per heavy atom. The fourth-order valence-corrected chi connectivity index (χ4v) is 5.49. The maximum atomic E-state index is 12.2. The van der Waals surface area contributed by atoms with Gasteiger partial charge in [0.2, 0.25) is 0 Å². The van der Waals surface area contributed by atoms with Crippen LogP contribution in [0.4, 0.5) is 0 Å². The van der Waals surface area contributed by atoms with Crippen LogP contribution in [0.2, 0.25) is 0 Å². The Morgan fingerprint density at radius 2 is 1.33 bits per heavy atom. The fraction of sp³-hybridized carbons (Fsp3) is 0.742. The minimum atomic E-state index is -0.373. The van der Waals surface area contributed by atoms with Crippen molar-refractivity contribution in [2.24, 2.45) is 0 Å². The largest absolute Gasteiger partial charge is 0.508 e. The van der Waals surface area contributed by atoms with E-state index in [1.165, 1.54) is 0 Å². The molecular formula is C31H48O8. The molecule has 2 aliphatic heterocycles. The molecule has 0 amide bonds. The van der Waals surface area contributed by atoms with E-state index in [9.17, 15) is 14.7 Å². The van der Waals surface area contributed by atoms with Gasteiger partial charge in [-0.05, 0) is 74.3 Å². The lowest BCUT2D eigenvalue weighted by Gasteiger charge is -2.31. The zero-order chi connectivity index (χ0) is 28.5. The molecule has 0 radical (unpaired) electrons. The molecule has 0 spiro atoms. The van der Waals surface area contributed by atoms with Gasteiger partial charge in [-0.3, -0.25) is 9.59 Å². The van der Waals surface area contributed by atoms with Crippen LogP contribution >= 0.6 is 0 Å². The maximum Gasteiger partial charge on any atom is 0.305 e. The highest BCUT2D eigenvalue weighted by Gasteiger charge is 2.31. The van der Waals surface area contributed by atoms with E-state index < -0.39 is 0 Å². The van der Waals surface area contributed by atoms with E-state index in [0.717, 1.165) is 56.4 Å². The van der Waals surface area contributed by atoms with Crippen LogP contribution in [0, 0.1) is 0 Å². The summed E-state index contributed by atoms with van der Waals surface area (Å²) in [6.07, 6.45) is 7.40. The van der Waals surface area contributed by atoms with E-state index in [2.05, 4.69) is 27.7 Å². The van der Waals surface area contributed by atoms with Crippen LogP contribution in [0.3, 0.4) is 0 Å². The molecule has 0 aromatic heterocycles. The van der Waals surface area contributed by atoms with E-state index in [0.29, 0.717) is 51.1 Å². The van der Waals surface area contributed by atoms with Gasteiger partial charge in [0.05, 0.1) is 19.3 Å². The van der Waals surface area contributed by atoms with E-state index in [-0.39, 0.29) is 40.7 Å². The second kappa shape index (κ2) is 14.4. The molecule has 1 aromatic carbocycles. The van der Waals surface area contributed by atoms with Gasteiger partial charge in [0.25, 0.3) is 0 Å². The fourth-order valence-electron chi connectivity index (χ4n) is 5.49. The summed E-state index contributed by atoms with van der Waals surface area (Å²) >= 11 is 0. The van der Waals surface area contributed by atoms with Gasteiger partial charge in [0.15, 0.2) is 0 Å². The van der Waals surface area contributed by atoms with Crippen molar-refractivity contribution in [3.05, 3.63) is 23.3 Å². The normalized spacial score (nSPS) is 19.7. The lowest BCUT2D eigenvalue weighted by Crippen LogP contribution is -2.22. The number of carbonyl (C=O) groups is 2. The molecule has 2 heterocycles. The van der Waals surface area contributed by atoms with Crippen LogP contribution < -0.4 is 4.74 Å². The Hall–Kier alpha value is -2.32. The molecule has 0 aliphatic carbocycles. The van der Waals surface area contributed by atoms with E-state index in [4.69, 9.17) is 23.7 Å². The Labute approximate surface area is 233 Å². The molecule has 0 saturated carbocycles. The number of phenols is 1. The number of carbonyl (C=O) groups excluding carboxylic acids is 2. The lowest BCUT2D eigenvalue weighted by molar-refractivity contribution is -0.147. The number of rotatable bonds is 15. The zero-order valence-electron chi connectivity index (χ0n) is 24.5. The Balaban J connectivity index is 1.52. The van der Waals surface area contributed by atoms with Crippen molar-refractivity contribution in [2.45, 2.75) is 115 Å². The van der Waals surface area contributed by atoms with E-state index in [1.54, 1.807) is 13.2 Å². The minimum absolute atomic E-state index is 0.0306. The van der Waals surface area contributed by atoms with Crippen molar-refractivity contribution in [1.82, 2.24) is 0 Å². The molecule has 2 unspecified atom stereocenters. The van der Waals surface area contributed by atoms with Crippen LogP contribution in [-0.2, 0) is 39.4 Å². The van der Waals surface area contributed by atoms with Crippen LogP contribution in [0.1, 0.15) is 103 Å². The van der Waals surface area contributed by atoms with Gasteiger partial charge in [-0.15, -0.1) is 0 Å². The summed E-state index contributed by atoms with van der Waals surface area (Å²) in [6.45, 7) is 10.4. The van der Waals surface area contributed by atoms with Crippen molar-refractivity contribution in [2.75, 3.05) is 33.5 Å². The Bertz CT molecular complexity index is 942. The first kappa shape index (κ1) is 31.2. The molecule has 1 N–H and O–H groups in total. The van der Waals surface area contributed by atoms with Gasteiger partial charge in [0, 0.05) is 37.2 Å². The van der Waals surface area contributed by atoms with Gasteiger partial charge < -0.3 is 28.8 Å². The number of phenolic OH excluding ortho intramolecular Hbond substituents is 1. The molecule has 2 fully saturated rings. The van der Waals surface area contributed by atoms with Crippen LogP contribution in [0.15, 0.2) is 12.1 Å². The number of benzene rings is 1. The highest BCUT2D eigenvalue weighted by Crippen LogP contribution is 2.44. The second-order valence-electron chi connectivity index (χ2n) is 12.2. The first-order valence-electron chi connectivity index (χ1n) is 14.5. The summed E-state index contributed by atoms with van der Waals surface area (Å²) < 4.78 is 27.5. The van der Waals surface area contributed by atoms with E-state index >= 15 is 0 Å². The summed E-state index contributed by atoms with van der Waals surface area (Å²) in [7, 11) is 1.63. The first-order chi connectivity index (χ1) is 18.5. The molecule has 8 heteroatoms. The van der Waals surface area contributed by atoms with Gasteiger partial charge in [-0.25, -0.2) is 0 Å². The molecule has 2 aliphatic rings. The molecule has 0 bridgehead atoms. The van der Waals surface area contributed by atoms with Crippen molar-refractivity contribution in [3.63, 3.8) is 0 Å². The Kier molecular flexibility index (Phi) is 11.5. The minimum Gasteiger partial charge on any atom is -0.508 e. The second-order valence-corrected chi connectivity index (χ2v) is 12.2. The smallest absolute Gasteiger partial charge is 0.305 e. The number of methoxy groups -OCH3 is 1. The third-order valence-corrected chi connectivity index (χ3v) is 8.05. The Morgan fingerprint density at radius 3 is 1.77 bits per heavy atom. The van der Waals surface area contributed by atoms with Crippen LogP contribution in [0.25, 0.3) is 0 Å². The monoisotopic (exact) mass is 548 g/mol. The van der Waals surface area contributed by atoms with Gasteiger partial charge in [0.1, 0.15) is 24.7 Å². The molecule has 3 rings (SSSR count). The lowest BCUT2D eigenvalue weighted by atomic mass is 9.75. The maximum absolute atomic E-state index is 12.2. The molecule has 1 aromatic rings. The van der Waals surface area contributed by atoms with Crippen LogP contribution in [-0.4, -0.2) is 62.8 Å². The average molecular weight is 549 g/mol. The van der Waals surface area contributed by atoms with Crippen molar-refractivity contribution in [1.29, 1.82) is 0 Å². The predicted molar refractivity (Wildman–Crippen MR) is 148 cm³/mol. The molecule has 2 atom stereocenters. The summed E-state index contributed by atoms with van der Waals surface area (Å²) in [4.78, 5) is 24.4. The molecule has 39 heavy (non-hydrogen) atoms. The third kappa shape index (κ3) is 9.38. The quantitative estimate of drug-likeness (QED) is 0.277. The molecule has 2 saturated heterocycles. The summed E-state index contributed by atoms with van der Waals surface area (Å²) in [5.74, 6) is 0.499. The topological polar surface area (TPSA) is 101 Å². The number of hydrogen-bond acceptors (Lipinski definition) is 8. The van der Waals surface area contributed by atoms with Crippen molar-refractivity contribution in [3.8, 4) is 11.5 Å². The van der Waals surface area contributed by atoms with Crippen molar-refractivity contribution < 1.29 is 38.4 Å². The highest BCUT2D eigenvalue weighted by atomic mass is 16.6. The first-order valence-corrected chi connectivity index (χ1v) is 14.5. The van der Waals surface area contributed by atoms with Gasteiger partial charge in [-0.1, -0.05) is 27.7 Å². The molecular weight excluding hydrogens is 500 g/mol. The number of esters is 2. The SMILES string of the molecule is COc1cc(C(C)(C)CCCC(=O)OCC2CCCO2)c(O)cc1C(C)(C)CCCC(=O)OCC1CCCO1. The summed E-state index contributed by atoms with van der Waals surface area (Å²) in [5, 5.41) is 11.1. The summed E-state index contributed by atoms with van der Waals surface area (Å²) in [6, 6.07) is 3.71. The van der Waals surface area contributed by atoms with E-state index in [1.807, 2.05) is 6.07 Å².